The van der Waals surface area contributed by atoms with E-state index in [-0.39, 0.29) is 15.1 Å². The number of alkyl halides is 9. The molecule has 0 bridgehead atoms. The number of carbonyl (C=O) groups excluding carboxylic acids is 1. The zero-order valence-electron chi connectivity index (χ0n) is 20.7. The number of hydrogen-bond acceptors (Lipinski definition) is 3. The number of hydrogen-bond donors (Lipinski definition) is 1. The Balaban J connectivity index is 2.44. The molecule has 0 saturated carbocycles. The van der Waals surface area contributed by atoms with E-state index in [0.29, 0.717) is 18.2 Å². The van der Waals surface area contributed by atoms with Gasteiger partial charge < -0.3 is 5.32 Å². The van der Waals surface area contributed by atoms with Gasteiger partial charge in [0, 0.05) is 5.54 Å². The standard InChI is InChI=1S/C24H19Cl3F9NO3S/c1-21(2,10-41(39,40)11-22(28,29)30)37-20(38)14-5-3-12(7-16(14)24(34,35)36)4-6-15(23(31,32)33)13-8-17(25)19(27)18(26)9-13/h3-9,15H,10-11H2,1-2H3,(H,37,38)/b6-4+. The molecular formula is C24H19Cl3F9NO3S. The van der Waals surface area contributed by atoms with Gasteiger partial charge in [-0.3, -0.25) is 4.79 Å². The van der Waals surface area contributed by atoms with Crippen LogP contribution in [-0.2, 0) is 16.0 Å². The average molecular weight is 679 g/mol. The van der Waals surface area contributed by atoms with Crippen molar-refractivity contribution in [3.8, 4) is 0 Å². The highest BCUT2D eigenvalue weighted by Gasteiger charge is 2.41. The zero-order valence-corrected chi connectivity index (χ0v) is 23.8. The van der Waals surface area contributed by atoms with Crippen LogP contribution in [0.15, 0.2) is 36.4 Å². The highest BCUT2D eigenvalue weighted by Crippen LogP contribution is 2.41. The number of amides is 1. The van der Waals surface area contributed by atoms with Crippen molar-refractivity contribution in [1.29, 1.82) is 0 Å². The van der Waals surface area contributed by atoms with Crippen LogP contribution in [-0.4, -0.2) is 43.7 Å². The van der Waals surface area contributed by atoms with E-state index in [1.54, 1.807) is 0 Å². The number of nitrogens with one attached hydrogen (secondary N) is 1. The van der Waals surface area contributed by atoms with Crippen molar-refractivity contribution < 1.29 is 52.7 Å². The van der Waals surface area contributed by atoms with E-state index >= 15 is 0 Å². The molecule has 0 aliphatic heterocycles. The summed E-state index contributed by atoms with van der Waals surface area (Å²) in [5, 5.41) is 1.18. The average Bonchev–Trinajstić information content (AvgIpc) is 2.72. The predicted molar refractivity (Wildman–Crippen MR) is 137 cm³/mol. The molecule has 0 heterocycles. The third-order valence-corrected chi connectivity index (χ3v) is 8.33. The maximum Gasteiger partial charge on any atom is 0.417 e. The smallest absolute Gasteiger partial charge is 0.346 e. The van der Waals surface area contributed by atoms with E-state index in [2.05, 4.69) is 0 Å². The Bertz CT molecular complexity index is 1410. The fraction of sp³-hybridized carbons (Fsp3) is 0.375. The van der Waals surface area contributed by atoms with Crippen molar-refractivity contribution in [2.45, 2.75) is 43.8 Å². The van der Waals surface area contributed by atoms with Gasteiger partial charge in [0.15, 0.2) is 9.84 Å². The minimum atomic E-state index is -5.20. The van der Waals surface area contributed by atoms with Gasteiger partial charge in [0.05, 0.1) is 37.9 Å². The van der Waals surface area contributed by atoms with Crippen molar-refractivity contribution in [2.75, 3.05) is 11.5 Å². The van der Waals surface area contributed by atoms with Crippen LogP contribution in [0.5, 0.6) is 0 Å². The van der Waals surface area contributed by atoms with Crippen LogP contribution in [0.25, 0.3) is 6.08 Å². The SMILES string of the molecule is CC(C)(CS(=O)(=O)CC(F)(F)F)NC(=O)c1ccc(/C=C/C(c2cc(Cl)c(Cl)c(Cl)c2)C(F)(F)F)cc1C(F)(F)F. The molecule has 1 unspecified atom stereocenters. The van der Waals surface area contributed by atoms with Gasteiger partial charge in [0.1, 0.15) is 5.75 Å². The molecule has 1 amide bonds. The lowest BCUT2D eigenvalue weighted by Gasteiger charge is -2.27. The first-order valence-corrected chi connectivity index (χ1v) is 14.0. The molecule has 1 N–H and O–H groups in total. The summed E-state index contributed by atoms with van der Waals surface area (Å²) in [6.07, 6.45) is -14.0. The topological polar surface area (TPSA) is 63.2 Å². The molecule has 1 atom stereocenters. The van der Waals surface area contributed by atoms with E-state index in [1.807, 2.05) is 5.32 Å². The van der Waals surface area contributed by atoms with Gasteiger partial charge in [0.25, 0.3) is 5.91 Å². The molecule has 0 radical (unpaired) electrons. The van der Waals surface area contributed by atoms with E-state index in [0.717, 1.165) is 38.1 Å². The minimum absolute atomic E-state index is 0.202. The molecule has 17 heteroatoms. The Morgan fingerprint density at radius 1 is 0.902 bits per heavy atom. The molecule has 2 rings (SSSR count). The van der Waals surface area contributed by atoms with Crippen LogP contribution >= 0.6 is 34.8 Å². The Labute approximate surface area is 243 Å². The number of allylic oxidation sites excluding steroid dienone is 1. The summed E-state index contributed by atoms with van der Waals surface area (Å²) >= 11 is 17.4. The van der Waals surface area contributed by atoms with Crippen molar-refractivity contribution in [1.82, 2.24) is 5.32 Å². The van der Waals surface area contributed by atoms with E-state index < -0.39 is 79.5 Å². The predicted octanol–water partition coefficient (Wildman–Crippen LogP) is 8.51. The zero-order chi connectivity index (χ0) is 31.8. The lowest BCUT2D eigenvalue weighted by atomic mass is 9.96. The molecule has 2 aromatic carbocycles. The van der Waals surface area contributed by atoms with Crippen LogP contribution < -0.4 is 5.32 Å². The normalized spacial score (nSPS) is 14.4. The number of carbonyl (C=O) groups is 1. The summed E-state index contributed by atoms with van der Waals surface area (Å²) in [6.45, 7) is 1.99. The summed E-state index contributed by atoms with van der Waals surface area (Å²) in [7, 11) is -4.82. The van der Waals surface area contributed by atoms with Crippen molar-refractivity contribution in [3.63, 3.8) is 0 Å². The van der Waals surface area contributed by atoms with Crippen molar-refractivity contribution in [3.05, 3.63) is 73.7 Å². The number of halogens is 12. The van der Waals surface area contributed by atoms with Crippen LogP contribution in [0.4, 0.5) is 39.5 Å². The first-order valence-electron chi connectivity index (χ1n) is 11.0. The number of rotatable bonds is 8. The van der Waals surface area contributed by atoms with Crippen molar-refractivity contribution >= 4 is 56.6 Å². The summed E-state index contributed by atoms with van der Waals surface area (Å²) in [4.78, 5) is 12.7. The first-order chi connectivity index (χ1) is 18.3. The minimum Gasteiger partial charge on any atom is -0.346 e. The number of benzene rings is 2. The lowest BCUT2D eigenvalue weighted by molar-refractivity contribution is -0.139. The third kappa shape index (κ3) is 10.3. The summed E-state index contributed by atoms with van der Waals surface area (Å²) in [6, 6.07) is 3.70. The second-order valence-corrected chi connectivity index (χ2v) is 12.7. The van der Waals surface area contributed by atoms with E-state index in [4.69, 9.17) is 34.8 Å². The molecule has 0 aliphatic carbocycles. The molecule has 0 aliphatic rings. The maximum atomic E-state index is 13.8. The Kier molecular flexibility index (Phi) is 10.4. The first kappa shape index (κ1) is 35.0. The molecular weight excluding hydrogens is 660 g/mol. The molecule has 228 valence electrons. The quantitative estimate of drug-likeness (QED) is 0.225. The van der Waals surface area contributed by atoms with Gasteiger partial charge in [-0.2, -0.15) is 39.5 Å². The molecule has 0 saturated heterocycles. The van der Waals surface area contributed by atoms with Crippen LogP contribution in [0.2, 0.25) is 15.1 Å². The monoisotopic (exact) mass is 677 g/mol. The molecule has 41 heavy (non-hydrogen) atoms. The van der Waals surface area contributed by atoms with Gasteiger partial charge in [-0.1, -0.05) is 53.0 Å². The molecule has 0 aromatic heterocycles. The third-order valence-electron chi connectivity index (χ3n) is 5.21. The molecule has 0 spiro atoms. The highest BCUT2D eigenvalue weighted by atomic mass is 35.5. The van der Waals surface area contributed by atoms with E-state index in [1.165, 1.54) is 0 Å². The van der Waals surface area contributed by atoms with Crippen LogP contribution in [0, 0.1) is 0 Å². The van der Waals surface area contributed by atoms with E-state index in [9.17, 15) is 52.7 Å². The lowest BCUT2D eigenvalue weighted by Crippen LogP contribution is -2.49. The fourth-order valence-corrected chi connectivity index (χ4v) is 6.12. The molecule has 2 aromatic rings. The van der Waals surface area contributed by atoms with Gasteiger partial charge in [-0.15, -0.1) is 0 Å². The summed E-state index contributed by atoms with van der Waals surface area (Å²) in [5.74, 6) is -7.29. The van der Waals surface area contributed by atoms with Crippen LogP contribution in [0.3, 0.4) is 0 Å². The Hall–Kier alpha value is -2.16. The maximum absolute atomic E-state index is 13.8. The highest BCUT2D eigenvalue weighted by molar-refractivity contribution is 7.91. The Morgan fingerprint density at radius 3 is 1.90 bits per heavy atom. The van der Waals surface area contributed by atoms with Gasteiger partial charge in [-0.25, -0.2) is 8.42 Å². The largest absolute Gasteiger partial charge is 0.417 e. The second-order valence-electron chi connectivity index (χ2n) is 9.47. The van der Waals surface area contributed by atoms with Crippen LogP contribution in [0.1, 0.15) is 46.8 Å². The van der Waals surface area contributed by atoms with Gasteiger partial charge >= 0.3 is 18.5 Å². The second kappa shape index (κ2) is 12.2. The molecule has 0 fully saturated rings. The fourth-order valence-electron chi connectivity index (χ4n) is 3.73. The van der Waals surface area contributed by atoms with Crippen molar-refractivity contribution in [2.24, 2.45) is 0 Å². The summed E-state index contributed by atoms with van der Waals surface area (Å²) < 4.78 is 144. The van der Waals surface area contributed by atoms with Gasteiger partial charge in [0.2, 0.25) is 0 Å². The van der Waals surface area contributed by atoms with Gasteiger partial charge in [-0.05, 0) is 49.2 Å². The molecule has 4 nitrogen and oxygen atoms in total. The number of sulfone groups is 1. The summed E-state index contributed by atoms with van der Waals surface area (Å²) in [5.41, 5.74) is -5.42. The Morgan fingerprint density at radius 2 is 1.44 bits per heavy atom.